The molecule has 0 bridgehead atoms. The summed E-state index contributed by atoms with van der Waals surface area (Å²) in [5.41, 5.74) is 2.90. The van der Waals surface area contributed by atoms with Crippen LogP contribution in [0.4, 0.5) is 5.69 Å². The monoisotopic (exact) mass is 417 g/mol. The van der Waals surface area contributed by atoms with E-state index in [0.717, 1.165) is 0 Å². The third-order valence-electron chi connectivity index (χ3n) is 5.05. The van der Waals surface area contributed by atoms with Crippen LogP contribution >= 0.6 is 0 Å². The summed E-state index contributed by atoms with van der Waals surface area (Å²) < 4.78 is 5.52. The molecule has 1 amide bonds. The number of ether oxygens (including phenoxy) is 1. The fourth-order valence-electron chi connectivity index (χ4n) is 3.54. The van der Waals surface area contributed by atoms with Gasteiger partial charge in [-0.2, -0.15) is 5.10 Å². The lowest BCUT2D eigenvalue weighted by Gasteiger charge is -2.35. The highest BCUT2D eigenvalue weighted by atomic mass is 16.5. The van der Waals surface area contributed by atoms with Crippen molar-refractivity contribution in [2.45, 2.75) is 20.0 Å². The van der Waals surface area contributed by atoms with Crippen LogP contribution in [-0.4, -0.2) is 33.4 Å². The lowest BCUT2D eigenvalue weighted by Crippen LogP contribution is -2.40. The average molecular weight is 417 g/mol. The van der Waals surface area contributed by atoms with Crippen molar-refractivity contribution < 1.29 is 19.7 Å². The Labute approximate surface area is 180 Å². The van der Waals surface area contributed by atoms with Gasteiger partial charge in [0.1, 0.15) is 5.75 Å². The van der Waals surface area contributed by atoms with Crippen LogP contribution in [0.25, 0.3) is 0 Å². The van der Waals surface area contributed by atoms with Gasteiger partial charge in [0.15, 0.2) is 17.7 Å². The Kier molecular flexibility index (Phi) is 5.49. The number of nitrogens with zero attached hydrogens (tertiary/aromatic N) is 2. The number of amides is 1. The van der Waals surface area contributed by atoms with Crippen molar-refractivity contribution >= 4 is 17.3 Å². The van der Waals surface area contributed by atoms with Crippen molar-refractivity contribution in [2.24, 2.45) is 5.10 Å². The van der Waals surface area contributed by atoms with Gasteiger partial charge in [0.05, 0.1) is 17.9 Å². The number of hydrogen-bond acceptors (Lipinski definition) is 6. The Morgan fingerprint density at radius 1 is 1.06 bits per heavy atom. The minimum Gasteiger partial charge on any atom is -0.507 e. The number of carbonyl (C=O) groups is 1. The third kappa shape index (κ3) is 3.90. The second-order valence-electron chi connectivity index (χ2n) is 7.10. The maximum atomic E-state index is 13.4. The summed E-state index contributed by atoms with van der Waals surface area (Å²) >= 11 is 0. The van der Waals surface area contributed by atoms with Gasteiger partial charge in [-0.05, 0) is 50.2 Å². The summed E-state index contributed by atoms with van der Waals surface area (Å²) in [6.07, 6.45) is -0.636. The fourth-order valence-corrected chi connectivity index (χ4v) is 3.54. The number of phenolic OH excluding ortho intramolecular Hbond substituents is 2. The minimum atomic E-state index is -0.636. The Morgan fingerprint density at radius 3 is 2.58 bits per heavy atom. The molecule has 4 rings (SSSR count). The fraction of sp³-hybridized carbons (Fsp3) is 0.167. The van der Waals surface area contributed by atoms with E-state index in [1.54, 1.807) is 55.5 Å². The van der Waals surface area contributed by atoms with Gasteiger partial charge in [-0.1, -0.05) is 30.3 Å². The highest BCUT2D eigenvalue weighted by molar-refractivity contribution is 6.05. The van der Waals surface area contributed by atoms with E-state index >= 15 is 0 Å². The largest absolute Gasteiger partial charge is 0.507 e. The van der Waals surface area contributed by atoms with E-state index in [9.17, 15) is 15.0 Å². The lowest BCUT2D eigenvalue weighted by atomic mass is 10.0. The summed E-state index contributed by atoms with van der Waals surface area (Å²) in [6, 6.07) is 19.0. The molecule has 7 heteroatoms. The molecule has 1 aliphatic heterocycles. The van der Waals surface area contributed by atoms with Crippen LogP contribution in [0, 0.1) is 0 Å². The van der Waals surface area contributed by atoms with Gasteiger partial charge in [-0.15, -0.1) is 0 Å². The molecular formula is C24H23N3O4. The van der Waals surface area contributed by atoms with Crippen LogP contribution in [-0.2, 0) is 0 Å². The van der Waals surface area contributed by atoms with Crippen LogP contribution in [0.1, 0.15) is 41.5 Å². The van der Waals surface area contributed by atoms with Crippen LogP contribution in [0.3, 0.4) is 0 Å². The first-order chi connectivity index (χ1) is 15.0. The normalized spacial score (nSPS) is 15.9. The predicted molar refractivity (Wildman–Crippen MR) is 119 cm³/mol. The van der Waals surface area contributed by atoms with Crippen molar-refractivity contribution in [1.82, 2.24) is 5.01 Å². The number of nitrogens with one attached hydrogen (secondary N) is 1. The SMILES string of the molecule is CCOc1cc([C@H]2Nc3ccccc3C(=O)N2/N=C(\C)c2ccccc2O)ccc1O. The van der Waals surface area contributed by atoms with Crippen molar-refractivity contribution in [2.75, 3.05) is 11.9 Å². The number of phenols is 2. The molecule has 0 saturated carbocycles. The summed E-state index contributed by atoms with van der Waals surface area (Å²) in [4.78, 5) is 13.4. The first kappa shape index (κ1) is 20.3. The van der Waals surface area contributed by atoms with Crippen molar-refractivity contribution in [3.05, 3.63) is 83.4 Å². The molecule has 158 valence electrons. The highest BCUT2D eigenvalue weighted by Crippen LogP contribution is 2.37. The maximum Gasteiger partial charge on any atom is 0.278 e. The van der Waals surface area contributed by atoms with Crippen LogP contribution < -0.4 is 10.1 Å². The van der Waals surface area contributed by atoms with E-state index in [2.05, 4.69) is 10.4 Å². The first-order valence-electron chi connectivity index (χ1n) is 9.98. The van der Waals surface area contributed by atoms with Gasteiger partial charge < -0.3 is 20.3 Å². The summed E-state index contributed by atoms with van der Waals surface area (Å²) in [5, 5.41) is 29.6. The number of hydrazone groups is 1. The Morgan fingerprint density at radius 2 is 1.81 bits per heavy atom. The molecule has 3 N–H and O–H groups in total. The van der Waals surface area contributed by atoms with Crippen LogP contribution in [0.2, 0.25) is 0 Å². The predicted octanol–water partition coefficient (Wildman–Crippen LogP) is 4.49. The van der Waals surface area contributed by atoms with Gasteiger partial charge in [0.25, 0.3) is 5.91 Å². The maximum absolute atomic E-state index is 13.4. The molecule has 3 aromatic carbocycles. The summed E-state index contributed by atoms with van der Waals surface area (Å²) in [5.74, 6) is 0.157. The summed E-state index contributed by atoms with van der Waals surface area (Å²) in [7, 11) is 0. The molecule has 0 fully saturated rings. The molecule has 0 unspecified atom stereocenters. The van der Waals surface area contributed by atoms with Gasteiger partial charge in [-0.3, -0.25) is 4.79 Å². The zero-order chi connectivity index (χ0) is 22.0. The zero-order valence-corrected chi connectivity index (χ0v) is 17.2. The van der Waals surface area contributed by atoms with E-state index in [1.165, 1.54) is 11.1 Å². The molecule has 0 radical (unpaired) electrons. The zero-order valence-electron chi connectivity index (χ0n) is 17.2. The lowest BCUT2D eigenvalue weighted by molar-refractivity contribution is 0.0689. The molecule has 7 nitrogen and oxygen atoms in total. The molecule has 31 heavy (non-hydrogen) atoms. The number of carbonyl (C=O) groups excluding carboxylic acids is 1. The van der Waals surface area contributed by atoms with Crippen molar-refractivity contribution in [1.29, 1.82) is 0 Å². The number of anilines is 1. The minimum absolute atomic E-state index is 0.0218. The quantitative estimate of drug-likeness (QED) is 0.532. The molecule has 1 heterocycles. The van der Waals surface area contributed by atoms with Crippen molar-refractivity contribution in [3.63, 3.8) is 0 Å². The van der Waals surface area contributed by atoms with Crippen LogP contribution in [0.5, 0.6) is 17.2 Å². The van der Waals surface area contributed by atoms with E-state index in [1.807, 2.05) is 19.1 Å². The third-order valence-corrected chi connectivity index (χ3v) is 5.05. The number of hydrogen-bond donors (Lipinski definition) is 3. The van der Waals surface area contributed by atoms with Crippen molar-refractivity contribution in [3.8, 4) is 17.2 Å². The molecule has 0 spiro atoms. The second-order valence-corrected chi connectivity index (χ2v) is 7.10. The number of rotatable bonds is 5. The molecule has 1 aliphatic rings. The first-order valence-corrected chi connectivity index (χ1v) is 9.98. The molecule has 0 aliphatic carbocycles. The standard InChI is InChI=1S/C24H23N3O4/c1-3-31-22-14-16(12-13-21(22)29)23-25-19-10-6-4-9-18(19)24(30)27(23)26-15(2)17-8-5-7-11-20(17)28/h4-14,23,25,28-29H,3H2,1-2H3/b26-15+/t23-/m0/s1. The van der Waals surface area contributed by atoms with Gasteiger partial charge in [0, 0.05) is 16.8 Å². The average Bonchev–Trinajstić information content (AvgIpc) is 2.77. The molecule has 0 aromatic heterocycles. The van der Waals surface area contributed by atoms with E-state index in [4.69, 9.17) is 4.74 Å². The van der Waals surface area contributed by atoms with Crippen LogP contribution in [0.15, 0.2) is 71.8 Å². The van der Waals surface area contributed by atoms with E-state index in [0.29, 0.717) is 40.4 Å². The molecule has 1 atom stereocenters. The van der Waals surface area contributed by atoms with Gasteiger partial charge in [-0.25, -0.2) is 5.01 Å². The molecule has 3 aromatic rings. The number of aromatic hydroxyl groups is 2. The highest BCUT2D eigenvalue weighted by Gasteiger charge is 2.34. The topological polar surface area (TPSA) is 94.4 Å². The van der Waals surface area contributed by atoms with Gasteiger partial charge >= 0.3 is 0 Å². The smallest absolute Gasteiger partial charge is 0.278 e. The Bertz CT molecular complexity index is 1160. The Balaban J connectivity index is 1.82. The molecular weight excluding hydrogens is 394 g/mol. The Hall–Kier alpha value is -4.00. The van der Waals surface area contributed by atoms with E-state index in [-0.39, 0.29) is 17.4 Å². The van der Waals surface area contributed by atoms with E-state index < -0.39 is 6.17 Å². The number of benzene rings is 3. The number of para-hydroxylation sites is 2. The second kappa shape index (κ2) is 8.39. The number of fused-ring (bicyclic) bond motifs is 1. The molecule has 0 saturated heterocycles. The van der Waals surface area contributed by atoms with Gasteiger partial charge in [0.2, 0.25) is 0 Å². The summed E-state index contributed by atoms with van der Waals surface area (Å²) in [6.45, 7) is 3.96.